The van der Waals surface area contributed by atoms with Gasteiger partial charge in [0, 0.05) is 17.6 Å². The smallest absolute Gasteiger partial charge is 0.287 e. The maximum Gasteiger partial charge on any atom is 0.287 e. The van der Waals surface area contributed by atoms with Crippen molar-refractivity contribution >= 4 is 38.5 Å². The summed E-state index contributed by atoms with van der Waals surface area (Å²) in [5.41, 5.74) is 0.732. The second-order valence-corrected chi connectivity index (χ2v) is 7.81. The van der Waals surface area contributed by atoms with Gasteiger partial charge in [-0.2, -0.15) is 0 Å². The molecule has 0 bridgehead atoms. The number of amides is 1. The average Bonchev–Trinajstić information content (AvgIpc) is 2.61. The summed E-state index contributed by atoms with van der Waals surface area (Å²) in [6.07, 6.45) is 0.462. The van der Waals surface area contributed by atoms with Crippen LogP contribution in [-0.2, 0) is 16.4 Å². The number of benzene rings is 2. The SMILES string of the molecule is NS(=O)(=O)c1ccc(CCNC(=O)c2cc(=O)c3cc(Cl)ccc3o2)cc1. The fourth-order valence-corrected chi connectivity index (χ4v) is 3.18. The van der Waals surface area contributed by atoms with Crippen molar-refractivity contribution in [3.05, 3.63) is 75.1 Å². The molecule has 0 spiro atoms. The molecule has 0 atom stereocenters. The monoisotopic (exact) mass is 406 g/mol. The third-order valence-electron chi connectivity index (χ3n) is 3.86. The van der Waals surface area contributed by atoms with E-state index in [9.17, 15) is 18.0 Å². The Bertz CT molecular complexity index is 1170. The van der Waals surface area contributed by atoms with Crippen molar-refractivity contribution in [1.29, 1.82) is 0 Å². The maximum atomic E-state index is 12.2. The van der Waals surface area contributed by atoms with Gasteiger partial charge in [0.15, 0.2) is 11.2 Å². The van der Waals surface area contributed by atoms with E-state index in [2.05, 4.69) is 5.32 Å². The lowest BCUT2D eigenvalue weighted by Gasteiger charge is -2.06. The molecular weight excluding hydrogens is 392 g/mol. The van der Waals surface area contributed by atoms with Gasteiger partial charge in [0.1, 0.15) is 5.58 Å². The van der Waals surface area contributed by atoms with Gasteiger partial charge < -0.3 is 9.73 Å². The van der Waals surface area contributed by atoms with E-state index in [-0.39, 0.29) is 28.2 Å². The molecule has 140 valence electrons. The lowest BCUT2D eigenvalue weighted by atomic mass is 10.1. The Kier molecular flexibility index (Phi) is 5.31. The second kappa shape index (κ2) is 7.51. The molecule has 0 aliphatic rings. The number of carbonyl (C=O) groups is 1. The molecule has 0 aliphatic carbocycles. The number of hydrogen-bond donors (Lipinski definition) is 2. The molecule has 0 saturated carbocycles. The van der Waals surface area contributed by atoms with E-state index in [1.807, 2.05) is 0 Å². The Morgan fingerprint density at radius 2 is 1.81 bits per heavy atom. The first-order valence-electron chi connectivity index (χ1n) is 7.87. The van der Waals surface area contributed by atoms with Gasteiger partial charge in [-0.15, -0.1) is 0 Å². The Morgan fingerprint density at radius 1 is 1.11 bits per heavy atom. The average molecular weight is 407 g/mol. The number of primary sulfonamides is 1. The van der Waals surface area contributed by atoms with Crippen LogP contribution >= 0.6 is 11.6 Å². The highest BCUT2D eigenvalue weighted by Crippen LogP contribution is 2.17. The number of nitrogens with two attached hydrogens (primary N) is 1. The summed E-state index contributed by atoms with van der Waals surface area (Å²) in [6.45, 7) is 0.274. The molecule has 27 heavy (non-hydrogen) atoms. The predicted molar refractivity (Wildman–Crippen MR) is 101 cm³/mol. The summed E-state index contributed by atoms with van der Waals surface area (Å²) in [7, 11) is -3.73. The number of halogens is 1. The van der Waals surface area contributed by atoms with E-state index in [1.165, 1.54) is 24.3 Å². The van der Waals surface area contributed by atoms with Crippen LogP contribution in [0.4, 0.5) is 0 Å². The van der Waals surface area contributed by atoms with Crippen LogP contribution in [0.15, 0.2) is 62.6 Å². The lowest BCUT2D eigenvalue weighted by Crippen LogP contribution is -2.26. The van der Waals surface area contributed by atoms with Gasteiger partial charge in [0.05, 0.1) is 10.3 Å². The van der Waals surface area contributed by atoms with Crippen LogP contribution in [0, 0.1) is 0 Å². The fourth-order valence-electron chi connectivity index (χ4n) is 2.49. The number of fused-ring (bicyclic) bond motifs is 1. The molecule has 1 heterocycles. The van der Waals surface area contributed by atoms with Crippen LogP contribution in [0.2, 0.25) is 5.02 Å². The maximum absolute atomic E-state index is 12.2. The molecule has 3 rings (SSSR count). The van der Waals surface area contributed by atoms with Crippen LogP contribution in [0.1, 0.15) is 16.1 Å². The molecule has 0 aliphatic heterocycles. The molecule has 3 aromatic rings. The first-order valence-corrected chi connectivity index (χ1v) is 9.80. The topological polar surface area (TPSA) is 119 Å². The summed E-state index contributed by atoms with van der Waals surface area (Å²) in [5.74, 6) is -0.621. The second-order valence-electron chi connectivity index (χ2n) is 5.81. The van der Waals surface area contributed by atoms with Crippen molar-refractivity contribution in [2.45, 2.75) is 11.3 Å². The Balaban J connectivity index is 1.67. The van der Waals surface area contributed by atoms with Crippen molar-refractivity contribution in [2.24, 2.45) is 5.14 Å². The van der Waals surface area contributed by atoms with Gasteiger partial charge in [-0.1, -0.05) is 23.7 Å². The summed E-state index contributed by atoms with van der Waals surface area (Å²) in [4.78, 5) is 24.3. The van der Waals surface area contributed by atoms with Gasteiger partial charge in [0.2, 0.25) is 10.0 Å². The van der Waals surface area contributed by atoms with Crippen molar-refractivity contribution in [2.75, 3.05) is 6.54 Å². The minimum absolute atomic E-state index is 0.0216. The first kappa shape index (κ1) is 19.1. The quantitative estimate of drug-likeness (QED) is 0.672. The zero-order valence-electron chi connectivity index (χ0n) is 13.9. The minimum atomic E-state index is -3.73. The molecular formula is C18H15ClN2O5S. The standard InChI is InChI=1S/C18H15ClN2O5S/c19-12-3-6-16-14(9-12)15(22)10-17(26-16)18(23)21-8-7-11-1-4-13(5-2-11)27(20,24)25/h1-6,9-10H,7-8H2,(H,21,23)(H2,20,24,25). The molecule has 0 saturated heterocycles. The number of sulfonamides is 1. The summed E-state index contributed by atoms with van der Waals surface area (Å²) >= 11 is 5.85. The molecule has 0 unspecified atom stereocenters. The van der Waals surface area contributed by atoms with Crippen LogP contribution in [0.3, 0.4) is 0 Å². The van der Waals surface area contributed by atoms with Gasteiger partial charge in [-0.05, 0) is 42.3 Å². The normalized spacial score (nSPS) is 11.5. The largest absolute Gasteiger partial charge is 0.451 e. The molecule has 9 heteroatoms. The number of carbonyl (C=O) groups excluding carboxylic acids is 1. The third-order valence-corrected chi connectivity index (χ3v) is 5.03. The summed E-state index contributed by atoms with van der Waals surface area (Å²) < 4.78 is 27.9. The van der Waals surface area contributed by atoms with Crippen LogP contribution in [0.5, 0.6) is 0 Å². The summed E-state index contributed by atoms with van der Waals surface area (Å²) in [5, 5.41) is 8.40. The first-order chi connectivity index (χ1) is 12.7. The lowest BCUT2D eigenvalue weighted by molar-refractivity contribution is 0.0927. The van der Waals surface area contributed by atoms with E-state index in [4.69, 9.17) is 21.2 Å². The van der Waals surface area contributed by atoms with E-state index >= 15 is 0 Å². The predicted octanol–water partition coefficient (Wildman–Crippen LogP) is 2.07. The van der Waals surface area contributed by atoms with Gasteiger partial charge in [0.25, 0.3) is 5.91 Å². The highest BCUT2D eigenvalue weighted by Gasteiger charge is 2.12. The van der Waals surface area contributed by atoms with Crippen LogP contribution in [0.25, 0.3) is 11.0 Å². The molecule has 1 amide bonds. The molecule has 0 fully saturated rings. The third kappa shape index (κ3) is 4.54. The highest BCUT2D eigenvalue weighted by molar-refractivity contribution is 7.89. The van der Waals surface area contributed by atoms with E-state index < -0.39 is 15.9 Å². The number of rotatable bonds is 5. The Labute approximate surface area is 159 Å². The van der Waals surface area contributed by atoms with Crippen molar-refractivity contribution in [1.82, 2.24) is 5.32 Å². The molecule has 0 radical (unpaired) electrons. The summed E-state index contributed by atoms with van der Waals surface area (Å²) in [6, 6.07) is 11.7. The van der Waals surface area contributed by atoms with Crippen molar-refractivity contribution in [3.63, 3.8) is 0 Å². The zero-order valence-corrected chi connectivity index (χ0v) is 15.5. The van der Waals surface area contributed by atoms with Gasteiger partial charge >= 0.3 is 0 Å². The minimum Gasteiger partial charge on any atom is -0.451 e. The number of nitrogens with one attached hydrogen (secondary N) is 1. The van der Waals surface area contributed by atoms with E-state index in [0.717, 1.165) is 11.6 Å². The van der Waals surface area contributed by atoms with Gasteiger partial charge in [-0.3, -0.25) is 9.59 Å². The molecule has 3 N–H and O–H groups in total. The Morgan fingerprint density at radius 3 is 2.48 bits per heavy atom. The zero-order chi connectivity index (χ0) is 19.6. The fraction of sp³-hybridized carbons (Fsp3) is 0.111. The number of hydrogen-bond acceptors (Lipinski definition) is 5. The highest BCUT2D eigenvalue weighted by atomic mass is 35.5. The Hall–Kier alpha value is -2.68. The molecule has 1 aromatic heterocycles. The van der Waals surface area contributed by atoms with Crippen molar-refractivity contribution < 1.29 is 17.6 Å². The van der Waals surface area contributed by atoms with Crippen LogP contribution in [-0.4, -0.2) is 20.9 Å². The molecule has 7 nitrogen and oxygen atoms in total. The van der Waals surface area contributed by atoms with E-state index in [0.29, 0.717) is 16.8 Å². The van der Waals surface area contributed by atoms with E-state index in [1.54, 1.807) is 18.2 Å². The van der Waals surface area contributed by atoms with Crippen LogP contribution < -0.4 is 15.9 Å². The molecule has 2 aromatic carbocycles. The van der Waals surface area contributed by atoms with Crippen molar-refractivity contribution in [3.8, 4) is 0 Å². The van der Waals surface area contributed by atoms with Gasteiger partial charge in [-0.25, -0.2) is 13.6 Å².